The van der Waals surface area contributed by atoms with Crippen molar-refractivity contribution in [2.24, 2.45) is 0 Å². The van der Waals surface area contributed by atoms with Gasteiger partial charge in [0.05, 0.1) is 12.5 Å². The molecule has 146 valence electrons. The minimum Gasteiger partial charge on any atom is -0.465 e. The molecule has 2 amide bonds. The van der Waals surface area contributed by atoms with Crippen molar-refractivity contribution in [3.8, 4) is 12.1 Å². The topological polar surface area (TPSA) is 132 Å². The summed E-state index contributed by atoms with van der Waals surface area (Å²) in [7, 11) is 0. The number of nitriles is 2. The van der Waals surface area contributed by atoms with Gasteiger partial charge in [-0.1, -0.05) is 0 Å². The average Bonchev–Trinajstić information content (AvgIpc) is 3.45. The SMILES string of the molecule is N#C/C(=C/c1ccco1)C(=O)Nc1ccc(NC(=O)/C(C#N)=C/c2ccco2)cc1. The van der Waals surface area contributed by atoms with Crippen LogP contribution in [-0.2, 0) is 9.59 Å². The molecule has 0 saturated carbocycles. The monoisotopic (exact) mass is 398 g/mol. The summed E-state index contributed by atoms with van der Waals surface area (Å²) in [4.78, 5) is 24.5. The molecule has 3 aromatic rings. The highest BCUT2D eigenvalue weighted by Crippen LogP contribution is 2.17. The zero-order valence-corrected chi connectivity index (χ0v) is 15.5. The Bertz CT molecular complexity index is 1080. The third-order valence-electron chi connectivity index (χ3n) is 3.79. The number of furan rings is 2. The van der Waals surface area contributed by atoms with Gasteiger partial charge < -0.3 is 19.5 Å². The molecular formula is C22H14N4O4. The Balaban J connectivity index is 1.65. The van der Waals surface area contributed by atoms with E-state index in [-0.39, 0.29) is 11.1 Å². The van der Waals surface area contributed by atoms with Gasteiger partial charge in [-0.3, -0.25) is 9.59 Å². The maximum Gasteiger partial charge on any atom is 0.266 e. The van der Waals surface area contributed by atoms with Crippen LogP contribution in [-0.4, -0.2) is 11.8 Å². The average molecular weight is 398 g/mol. The minimum atomic E-state index is -0.598. The molecule has 0 radical (unpaired) electrons. The second kappa shape index (κ2) is 9.40. The first kappa shape index (κ1) is 19.9. The zero-order valence-electron chi connectivity index (χ0n) is 15.5. The van der Waals surface area contributed by atoms with Crippen molar-refractivity contribution < 1.29 is 18.4 Å². The number of anilines is 2. The maximum absolute atomic E-state index is 12.2. The number of carbonyl (C=O) groups excluding carboxylic acids is 2. The second-order valence-corrected chi connectivity index (χ2v) is 5.86. The van der Waals surface area contributed by atoms with E-state index in [0.29, 0.717) is 22.9 Å². The Kier molecular flexibility index (Phi) is 6.24. The first-order chi connectivity index (χ1) is 14.6. The number of carbonyl (C=O) groups is 2. The number of amides is 2. The molecule has 2 heterocycles. The lowest BCUT2D eigenvalue weighted by molar-refractivity contribution is -0.113. The summed E-state index contributed by atoms with van der Waals surface area (Å²) in [5, 5.41) is 23.5. The molecule has 1 aromatic carbocycles. The third kappa shape index (κ3) is 5.12. The minimum absolute atomic E-state index is 0.121. The number of nitrogens with zero attached hydrogens (tertiary/aromatic N) is 2. The van der Waals surface area contributed by atoms with Crippen molar-refractivity contribution in [2.45, 2.75) is 0 Å². The first-order valence-corrected chi connectivity index (χ1v) is 8.62. The van der Waals surface area contributed by atoms with Crippen LogP contribution in [0.15, 0.2) is 81.0 Å². The van der Waals surface area contributed by atoms with E-state index in [0.717, 1.165) is 0 Å². The van der Waals surface area contributed by atoms with Crippen LogP contribution in [0.5, 0.6) is 0 Å². The molecule has 0 bridgehead atoms. The Morgan fingerprint density at radius 2 is 1.13 bits per heavy atom. The van der Waals surface area contributed by atoms with Gasteiger partial charge in [0.15, 0.2) is 0 Å². The molecule has 0 atom stereocenters. The molecule has 2 N–H and O–H groups in total. The van der Waals surface area contributed by atoms with Gasteiger partial charge >= 0.3 is 0 Å². The number of benzene rings is 1. The molecule has 0 aliphatic carbocycles. The Hall–Kier alpha value is -4.82. The van der Waals surface area contributed by atoms with E-state index in [9.17, 15) is 20.1 Å². The summed E-state index contributed by atoms with van der Waals surface area (Å²) in [6.07, 6.45) is 5.54. The molecule has 0 aliphatic heterocycles. The summed E-state index contributed by atoms with van der Waals surface area (Å²) in [5.41, 5.74) is 0.601. The van der Waals surface area contributed by atoms with E-state index < -0.39 is 11.8 Å². The van der Waals surface area contributed by atoms with Gasteiger partial charge in [-0.05, 0) is 48.5 Å². The summed E-state index contributed by atoms with van der Waals surface area (Å²) in [6.45, 7) is 0. The Morgan fingerprint density at radius 3 is 1.43 bits per heavy atom. The summed E-state index contributed by atoms with van der Waals surface area (Å²) in [5.74, 6) is -0.427. The Morgan fingerprint density at radius 1 is 0.733 bits per heavy atom. The molecule has 0 aliphatic rings. The highest BCUT2D eigenvalue weighted by atomic mass is 16.3. The smallest absolute Gasteiger partial charge is 0.266 e. The predicted molar refractivity (Wildman–Crippen MR) is 108 cm³/mol. The molecule has 0 unspecified atom stereocenters. The van der Waals surface area contributed by atoms with Crippen molar-refractivity contribution in [1.29, 1.82) is 10.5 Å². The quantitative estimate of drug-likeness (QED) is 0.477. The largest absolute Gasteiger partial charge is 0.465 e. The molecule has 8 heteroatoms. The number of hydrogen-bond donors (Lipinski definition) is 2. The lowest BCUT2D eigenvalue weighted by Gasteiger charge is -2.07. The number of rotatable bonds is 6. The van der Waals surface area contributed by atoms with Crippen LogP contribution in [0, 0.1) is 22.7 Å². The molecule has 0 fully saturated rings. The highest BCUT2D eigenvalue weighted by molar-refractivity contribution is 6.10. The van der Waals surface area contributed by atoms with E-state index >= 15 is 0 Å². The molecule has 30 heavy (non-hydrogen) atoms. The highest BCUT2D eigenvalue weighted by Gasteiger charge is 2.12. The van der Waals surface area contributed by atoms with Crippen molar-refractivity contribution in [3.63, 3.8) is 0 Å². The van der Waals surface area contributed by atoms with Gasteiger partial charge in [-0.2, -0.15) is 10.5 Å². The number of nitrogens with one attached hydrogen (secondary N) is 2. The summed E-state index contributed by atoms with van der Waals surface area (Å²) < 4.78 is 10.2. The predicted octanol–water partition coefficient (Wildman–Crippen LogP) is 3.96. The van der Waals surface area contributed by atoms with Gasteiger partial charge in [0, 0.05) is 23.5 Å². The van der Waals surface area contributed by atoms with Crippen molar-refractivity contribution >= 4 is 35.3 Å². The van der Waals surface area contributed by atoms with Gasteiger partial charge in [-0.15, -0.1) is 0 Å². The lowest BCUT2D eigenvalue weighted by atomic mass is 10.2. The Labute approximate surface area is 171 Å². The fourth-order valence-electron chi connectivity index (χ4n) is 2.36. The zero-order chi connectivity index (χ0) is 21.3. The van der Waals surface area contributed by atoms with Crippen LogP contribution < -0.4 is 10.6 Å². The van der Waals surface area contributed by atoms with Gasteiger partial charge in [0.2, 0.25) is 0 Å². The van der Waals surface area contributed by atoms with Gasteiger partial charge in [-0.25, -0.2) is 0 Å². The van der Waals surface area contributed by atoms with Gasteiger partial charge in [0.1, 0.15) is 34.8 Å². The summed E-state index contributed by atoms with van der Waals surface area (Å²) in [6, 6.07) is 16.4. The van der Waals surface area contributed by atoms with E-state index in [1.807, 2.05) is 12.1 Å². The maximum atomic E-state index is 12.2. The standard InChI is InChI=1S/C22H14N4O4/c23-13-15(11-19-3-1-9-29-19)21(27)25-17-5-7-18(8-6-17)26-22(28)16(14-24)12-20-4-2-10-30-20/h1-12H,(H,25,27)(H,26,28)/b15-11-,16-12+. The molecule has 3 rings (SSSR count). The van der Waals surface area contributed by atoms with E-state index in [1.54, 1.807) is 48.5 Å². The van der Waals surface area contributed by atoms with Crippen LogP contribution >= 0.6 is 0 Å². The van der Waals surface area contributed by atoms with Gasteiger partial charge in [0.25, 0.3) is 11.8 Å². The molecule has 8 nitrogen and oxygen atoms in total. The third-order valence-corrected chi connectivity index (χ3v) is 3.79. The fourth-order valence-corrected chi connectivity index (χ4v) is 2.36. The molecular weight excluding hydrogens is 384 g/mol. The van der Waals surface area contributed by atoms with E-state index in [4.69, 9.17) is 8.83 Å². The van der Waals surface area contributed by atoms with E-state index in [1.165, 1.54) is 24.7 Å². The van der Waals surface area contributed by atoms with Crippen molar-refractivity contribution in [1.82, 2.24) is 0 Å². The van der Waals surface area contributed by atoms with Crippen LogP contribution in [0.2, 0.25) is 0 Å². The van der Waals surface area contributed by atoms with E-state index in [2.05, 4.69) is 10.6 Å². The molecule has 2 aromatic heterocycles. The summed E-state index contributed by atoms with van der Waals surface area (Å²) >= 11 is 0. The van der Waals surface area contributed by atoms with Crippen molar-refractivity contribution in [2.75, 3.05) is 10.6 Å². The first-order valence-electron chi connectivity index (χ1n) is 8.62. The van der Waals surface area contributed by atoms with Crippen molar-refractivity contribution in [3.05, 3.63) is 83.7 Å². The lowest BCUT2D eigenvalue weighted by Crippen LogP contribution is -2.14. The normalized spacial score (nSPS) is 11.3. The van der Waals surface area contributed by atoms with Crippen LogP contribution in [0.25, 0.3) is 12.2 Å². The fraction of sp³-hybridized carbons (Fsp3) is 0. The second-order valence-electron chi connectivity index (χ2n) is 5.86. The van der Waals surface area contributed by atoms with Crippen LogP contribution in [0.1, 0.15) is 11.5 Å². The van der Waals surface area contributed by atoms with Crippen LogP contribution in [0.3, 0.4) is 0 Å². The van der Waals surface area contributed by atoms with Crippen LogP contribution in [0.4, 0.5) is 11.4 Å². The molecule has 0 spiro atoms. The number of hydrogen-bond acceptors (Lipinski definition) is 6. The molecule has 0 saturated heterocycles.